The van der Waals surface area contributed by atoms with Crippen LogP contribution in [0.15, 0.2) is 23.2 Å². The lowest BCUT2D eigenvalue weighted by Gasteiger charge is -2.47. The highest BCUT2D eigenvalue weighted by molar-refractivity contribution is 6.31. The Bertz CT molecular complexity index is 1610. The summed E-state index contributed by atoms with van der Waals surface area (Å²) >= 11 is 0. The van der Waals surface area contributed by atoms with E-state index in [1.807, 2.05) is 4.90 Å². The van der Waals surface area contributed by atoms with Gasteiger partial charge in [0, 0.05) is 69.2 Å². The molecule has 47 heavy (non-hydrogen) atoms. The number of rotatable bonds is 7. The van der Waals surface area contributed by atoms with Crippen LogP contribution in [-0.2, 0) is 25.4 Å². The summed E-state index contributed by atoms with van der Waals surface area (Å²) in [6.07, 6.45) is -4.63. The summed E-state index contributed by atoms with van der Waals surface area (Å²) < 4.78 is 28.9. The Balaban J connectivity index is 1.44. The van der Waals surface area contributed by atoms with E-state index in [1.165, 1.54) is 26.3 Å². The van der Waals surface area contributed by atoms with Crippen LogP contribution in [0.5, 0.6) is 17.2 Å². The van der Waals surface area contributed by atoms with Crippen LogP contribution in [0.2, 0.25) is 0 Å². The number of benzene rings is 2. The molecule has 2 aliphatic heterocycles. The van der Waals surface area contributed by atoms with E-state index in [9.17, 15) is 35.1 Å². The van der Waals surface area contributed by atoms with Crippen LogP contribution >= 0.6 is 0 Å². The van der Waals surface area contributed by atoms with Gasteiger partial charge in [0.25, 0.3) is 0 Å². The lowest BCUT2D eigenvalue weighted by molar-refractivity contribution is -0.265. The van der Waals surface area contributed by atoms with Crippen LogP contribution in [0.4, 0.5) is 0 Å². The zero-order valence-electron chi connectivity index (χ0n) is 26.6. The molecule has 0 saturated carbocycles. The molecular formula is C33H40N2O12. The van der Waals surface area contributed by atoms with Gasteiger partial charge < -0.3 is 49.2 Å². The van der Waals surface area contributed by atoms with Crippen molar-refractivity contribution < 1.29 is 58.8 Å². The Morgan fingerprint density at radius 1 is 1.11 bits per heavy atom. The van der Waals surface area contributed by atoms with Gasteiger partial charge in [-0.3, -0.25) is 19.5 Å². The second kappa shape index (κ2) is 12.9. The van der Waals surface area contributed by atoms with Gasteiger partial charge in [-0.15, -0.1) is 0 Å². The van der Waals surface area contributed by atoms with Crippen molar-refractivity contribution in [3.05, 3.63) is 51.6 Å². The van der Waals surface area contributed by atoms with Crippen LogP contribution in [0, 0.1) is 0 Å². The number of aliphatic imine (C=N–C) groups is 1. The first-order valence-electron chi connectivity index (χ1n) is 15.5. The SMILES string of the molecule is C/N=C(\CO)[C@]1(O)Cc2c(O)c3c(c(O)c2[C@@H](OC2C[C@H](N4CCO[C@H](OC)C4)[C@H](O)[C@H](C)O2)C1)C(=O)c1c(OC)cccc1C3=O. The third kappa shape index (κ3) is 5.52. The molecule has 1 unspecified atom stereocenters. The molecule has 14 nitrogen and oxygen atoms in total. The fraction of sp³-hybridized carbons (Fsp3) is 0.545. The molecule has 0 radical (unpaired) electrons. The maximum absolute atomic E-state index is 13.9. The van der Waals surface area contributed by atoms with Crippen LogP contribution in [0.3, 0.4) is 0 Å². The average Bonchev–Trinajstić information content (AvgIpc) is 3.06. The zero-order chi connectivity index (χ0) is 33.8. The third-order valence-corrected chi connectivity index (χ3v) is 9.82. The minimum Gasteiger partial charge on any atom is -0.507 e. The quantitative estimate of drug-likeness (QED) is 0.177. The van der Waals surface area contributed by atoms with E-state index < -0.39 is 83.3 Å². The van der Waals surface area contributed by atoms with Gasteiger partial charge in [-0.1, -0.05) is 12.1 Å². The minimum absolute atomic E-state index is 0.00330. The van der Waals surface area contributed by atoms with Gasteiger partial charge in [0.15, 0.2) is 18.4 Å². The molecule has 6 rings (SSSR count). The maximum atomic E-state index is 13.9. The number of aliphatic hydroxyl groups excluding tert-OH is 2. The summed E-state index contributed by atoms with van der Waals surface area (Å²) in [5.41, 5.74) is -2.75. The van der Waals surface area contributed by atoms with Crippen LogP contribution < -0.4 is 4.74 Å². The van der Waals surface area contributed by atoms with Gasteiger partial charge in [0.1, 0.15) is 22.8 Å². The molecule has 0 spiro atoms. The summed E-state index contributed by atoms with van der Waals surface area (Å²) in [7, 11) is 4.30. The second-order valence-electron chi connectivity index (χ2n) is 12.3. The lowest BCUT2D eigenvalue weighted by atomic mass is 9.71. The molecule has 7 atom stereocenters. The maximum Gasteiger partial charge on any atom is 0.202 e. The molecule has 2 heterocycles. The van der Waals surface area contributed by atoms with Crippen molar-refractivity contribution in [2.75, 3.05) is 47.6 Å². The fourth-order valence-electron chi connectivity index (χ4n) is 7.42. The number of aliphatic hydroxyl groups is 3. The Kier molecular flexibility index (Phi) is 9.15. The average molecular weight is 657 g/mol. The number of phenolic OH excluding ortho intramolecular Hbond substituents is 2. The summed E-state index contributed by atoms with van der Waals surface area (Å²) in [6.45, 7) is 2.42. The molecule has 4 aliphatic rings. The molecule has 2 saturated heterocycles. The number of carbonyl (C=O) groups excluding carboxylic acids is 2. The van der Waals surface area contributed by atoms with Crippen LogP contribution in [0.25, 0.3) is 0 Å². The summed E-state index contributed by atoms with van der Waals surface area (Å²) in [5.74, 6) is -2.47. The highest BCUT2D eigenvalue weighted by atomic mass is 16.7. The molecule has 2 fully saturated rings. The molecule has 2 aliphatic carbocycles. The Labute approximate surface area is 271 Å². The largest absolute Gasteiger partial charge is 0.507 e. The summed E-state index contributed by atoms with van der Waals surface area (Å²) in [5, 5.41) is 56.6. The molecular weight excluding hydrogens is 616 g/mol. The number of ketones is 2. The predicted molar refractivity (Wildman–Crippen MR) is 164 cm³/mol. The fourth-order valence-corrected chi connectivity index (χ4v) is 7.42. The van der Waals surface area contributed by atoms with Gasteiger partial charge >= 0.3 is 0 Å². The standard InChI is InChI=1S/C33H40N2O12/c1-15-28(37)18(35-8-9-45-23(13-35)44-4)10-22(46-15)47-20-12-33(42,21(14-36)34-2)11-17-25(20)32(41)27-26(30(17)39)29(38)16-6-5-7-19(43-3)24(16)31(27)40/h5-7,15,18,20,22-23,28,36-37,39,41-42H,8-14H2,1-4H3/b34-21+/t15-,18-,20-,22?,23-,28+,33-/m0/s1. The number of phenols is 2. The number of hydrogen-bond acceptors (Lipinski definition) is 14. The first kappa shape index (κ1) is 33.4. The van der Waals surface area contributed by atoms with Crippen molar-refractivity contribution in [2.24, 2.45) is 4.99 Å². The smallest absolute Gasteiger partial charge is 0.202 e. The van der Waals surface area contributed by atoms with Crippen molar-refractivity contribution in [1.82, 2.24) is 4.90 Å². The van der Waals surface area contributed by atoms with E-state index in [1.54, 1.807) is 20.1 Å². The molecule has 0 aromatic heterocycles. The van der Waals surface area contributed by atoms with E-state index in [-0.39, 0.29) is 53.0 Å². The number of aromatic hydroxyl groups is 2. The van der Waals surface area contributed by atoms with Crippen molar-refractivity contribution >= 4 is 17.3 Å². The van der Waals surface area contributed by atoms with Gasteiger partial charge in [-0.25, -0.2) is 0 Å². The Morgan fingerprint density at radius 3 is 2.53 bits per heavy atom. The summed E-state index contributed by atoms with van der Waals surface area (Å²) in [6, 6.07) is 4.07. The number of carbonyl (C=O) groups is 2. The lowest BCUT2D eigenvalue weighted by Crippen LogP contribution is -2.59. The number of nitrogens with zero attached hydrogens (tertiary/aromatic N) is 2. The van der Waals surface area contributed by atoms with Gasteiger partial charge in [-0.2, -0.15) is 0 Å². The third-order valence-electron chi connectivity index (χ3n) is 9.82. The molecule has 0 bridgehead atoms. The number of methoxy groups -OCH3 is 2. The van der Waals surface area contributed by atoms with E-state index in [2.05, 4.69) is 4.99 Å². The van der Waals surface area contributed by atoms with Crippen molar-refractivity contribution in [3.8, 4) is 17.2 Å². The van der Waals surface area contributed by atoms with E-state index >= 15 is 0 Å². The van der Waals surface area contributed by atoms with Crippen molar-refractivity contribution in [3.63, 3.8) is 0 Å². The van der Waals surface area contributed by atoms with Crippen LogP contribution in [0.1, 0.15) is 68.8 Å². The molecule has 2 aromatic carbocycles. The number of hydrogen-bond donors (Lipinski definition) is 5. The molecule has 2 aromatic rings. The van der Waals surface area contributed by atoms with Crippen molar-refractivity contribution in [1.29, 1.82) is 0 Å². The highest BCUT2D eigenvalue weighted by Crippen LogP contribution is 2.52. The number of morpholine rings is 1. The van der Waals surface area contributed by atoms with Crippen LogP contribution in [-0.4, -0.2) is 132 Å². The van der Waals surface area contributed by atoms with Crippen molar-refractivity contribution in [2.45, 2.75) is 68.7 Å². The molecule has 0 amide bonds. The summed E-state index contributed by atoms with van der Waals surface area (Å²) in [4.78, 5) is 33.8. The number of ether oxygens (including phenoxy) is 5. The molecule has 14 heteroatoms. The first-order chi connectivity index (χ1) is 22.5. The first-order valence-corrected chi connectivity index (χ1v) is 15.5. The minimum atomic E-state index is -1.86. The normalized spacial score (nSPS) is 31.3. The molecule has 5 N–H and O–H groups in total. The Morgan fingerprint density at radius 2 is 1.85 bits per heavy atom. The second-order valence-corrected chi connectivity index (χ2v) is 12.3. The predicted octanol–water partition coefficient (Wildman–Crippen LogP) is 0.849. The van der Waals surface area contributed by atoms with E-state index in [0.29, 0.717) is 19.7 Å². The topological polar surface area (TPSA) is 197 Å². The van der Waals surface area contributed by atoms with E-state index in [0.717, 1.165) is 0 Å². The Hall–Kier alpha value is -3.47. The van der Waals surface area contributed by atoms with Gasteiger partial charge in [0.05, 0.1) is 61.0 Å². The highest BCUT2D eigenvalue weighted by Gasteiger charge is 2.50. The van der Waals surface area contributed by atoms with Gasteiger partial charge in [0.2, 0.25) is 5.78 Å². The molecule has 254 valence electrons. The zero-order valence-corrected chi connectivity index (χ0v) is 26.6. The van der Waals surface area contributed by atoms with E-state index in [4.69, 9.17) is 23.7 Å². The van der Waals surface area contributed by atoms with Gasteiger partial charge in [-0.05, 0) is 13.0 Å². The monoisotopic (exact) mass is 656 g/mol. The number of fused-ring (bicyclic) bond motifs is 3.